The van der Waals surface area contributed by atoms with Gasteiger partial charge in [-0.25, -0.2) is 9.69 Å². The Morgan fingerprint density at radius 2 is 2.06 bits per heavy atom. The first-order valence-electron chi connectivity index (χ1n) is 5.06. The molecule has 1 aliphatic heterocycles. The number of benzene rings is 1. The molecule has 16 heavy (non-hydrogen) atoms. The smallest absolute Gasteiger partial charge is 0.328 e. The zero-order valence-electron chi connectivity index (χ0n) is 8.93. The van der Waals surface area contributed by atoms with Crippen molar-refractivity contribution in [2.45, 2.75) is 13.0 Å². The Balaban J connectivity index is 2.47. The number of urea groups is 1. The number of amides is 3. The molecular weight excluding hydrogens is 206 g/mol. The number of carbonyl (C=O) groups is 2. The van der Waals surface area contributed by atoms with Crippen LogP contribution in [-0.2, 0) is 4.79 Å². The van der Waals surface area contributed by atoms with Crippen molar-refractivity contribution >= 4 is 17.6 Å². The summed E-state index contributed by atoms with van der Waals surface area (Å²) < 4.78 is 0. The van der Waals surface area contributed by atoms with E-state index in [4.69, 9.17) is 5.73 Å². The summed E-state index contributed by atoms with van der Waals surface area (Å²) in [4.78, 5) is 24.2. The van der Waals surface area contributed by atoms with Gasteiger partial charge in [-0.15, -0.1) is 0 Å². The fourth-order valence-corrected chi connectivity index (χ4v) is 1.74. The van der Waals surface area contributed by atoms with Gasteiger partial charge in [-0.3, -0.25) is 4.79 Å². The molecule has 84 valence electrons. The Kier molecular flexibility index (Phi) is 2.62. The number of carbonyl (C=O) groups excluding carboxylic acids is 2. The highest BCUT2D eigenvalue weighted by Crippen LogP contribution is 2.26. The number of hydrogen-bond acceptors (Lipinski definition) is 3. The third kappa shape index (κ3) is 1.65. The summed E-state index contributed by atoms with van der Waals surface area (Å²) in [5.74, 6) is -0.252. The van der Waals surface area contributed by atoms with Crippen molar-refractivity contribution in [1.82, 2.24) is 5.32 Å². The molecule has 3 amide bonds. The van der Waals surface area contributed by atoms with E-state index in [0.29, 0.717) is 5.69 Å². The van der Waals surface area contributed by atoms with Gasteiger partial charge in [-0.2, -0.15) is 0 Å². The highest BCUT2D eigenvalue weighted by atomic mass is 16.2. The standard InChI is InChI=1S/C11H13N3O2/c1-7(12)8-4-2-3-5-9(8)14-10(15)6-13-11(14)16/h2-5,7H,6,12H2,1H3,(H,13,16). The maximum Gasteiger partial charge on any atom is 0.329 e. The van der Waals surface area contributed by atoms with Gasteiger partial charge in [0.25, 0.3) is 5.91 Å². The third-order valence-corrected chi connectivity index (χ3v) is 2.51. The molecule has 1 saturated heterocycles. The lowest BCUT2D eigenvalue weighted by molar-refractivity contribution is -0.115. The van der Waals surface area contributed by atoms with Crippen LogP contribution in [0, 0.1) is 0 Å². The summed E-state index contributed by atoms with van der Waals surface area (Å²) >= 11 is 0. The molecule has 1 aliphatic rings. The molecule has 1 fully saturated rings. The minimum absolute atomic E-state index is 0.0477. The van der Waals surface area contributed by atoms with Crippen LogP contribution in [0.1, 0.15) is 18.5 Å². The first-order valence-corrected chi connectivity index (χ1v) is 5.06. The number of rotatable bonds is 2. The van der Waals surface area contributed by atoms with E-state index in [9.17, 15) is 9.59 Å². The average molecular weight is 219 g/mol. The number of para-hydroxylation sites is 1. The molecular formula is C11H13N3O2. The van der Waals surface area contributed by atoms with E-state index in [1.165, 1.54) is 0 Å². The van der Waals surface area contributed by atoms with Crippen LogP contribution in [0.3, 0.4) is 0 Å². The zero-order chi connectivity index (χ0) is 11.7. The molecule has 3 N–H and O–H groups in total. The minimum Gasteiger partial charge on any atom is -0.328 e. The number of nitrogens with one attached hydrogen (secondary N) is 1. The lowest BCUT2D eigenvalue weighted by Gasteiger charge is -2.18. The van der Waals surface area contributed by atoms with Crippen molar-refractivity contribution in [1.29, 1.82) is 0 Å². The second kappa shape index (κ2) is 3.94. The monoisotopic (exact) mass is 219 g/mol. The van der Waals surface area contributed by atoms with Gasteiger partial charge in [-0.05, 0) is 18.6 Å². The van der Waals surface area contributed by atoms with E-state index in [-0.39, 0.29) is 18.5 Å². The van der Waals surface area contributed by atoms with Gasteiger partial charge < -0.3 is 11.1 Å². The van der Waals surface area contributed by atoms with E-state index < -0.39 is 6.03 Å². The van der Waals surface area contributed by atoms with Gasteiger partial charge >= 0.3 is 6.03 Å². The second-order valence-corrected chi connectivity index (χ2v) is 3.74. The summed E-state index contributed by atoms with van der Waals surface area (Å²) in [5.41, 5.74) is 7.16. The quantitative estimate of drug-likeness (QED) is 0.721. The van der Waals surface area contributed by atoms with Crippen LogP contribution in [0.5, 0.6) is 0 Å². The second-order valence-electron chi connectivity index (χ2n) is 3.74. The maximum atomic E-state index is 11.6. The molecule has 1 atom stereocenters. The number of anilines is 1. The summed E-state index contributed by atoms with van der Waals surface area (Å²) in [6, 6.07) is 6.54. The number of nitrogens with zero attached hydrogens (tertiary/aromatic N) is 1. The van der Waals surface area contributed by atoms with Gasteiger partial charge in [0.1, 0.15) is 0 Å². The van der Waals surface area contributed by atoms with Crippen molar-refractivity contribution < 1.29 is 9.59 Å². The molecule has 2 rings (SSSR count). The zero-order valence-corrected chi connectivity index (χ0v) is 8.93. The molecule has 1 aromatic carbocycles. The van der Waals surface area contributed by atoms with E-state index >= 15 is 0 Å². The van der Waals surface area contributed by atoms with Gasteiger partial charge in [-0.1, -0.05) is 18.2 Å². The molecule has 0 saturated carbocycles. The Morgan fingerprint density at radius 1 is 1.38 bits per heavy atom. The lowest BCUT2D eigenvalue weighted by atomic mass is 10.1. The Morgan fingerprint density at radius 3 is 2.62 bits per heavy atom. The molecule has 0 aliphatic carbocycles. The molecule has 0 spiro atoms. The lowest BCUT2D eigenvalue weighted by Crippen LogP contribution is -2.32. The molecule has 0 aromatic heterocycles. The van der Waals surface area contributed by atoms with Crippen LogP contribution < -0.4 is 16.0 Å². The van der Waals surface area contributed by atoms with Crippen LogP contribution >= 0.6 is 0 Å². The highest BCUT2D eigenvalue weighted by molar-refractivity contribution is 6.20. The fraction of sp³-hybridized carbons (Fsp3) is 0.273. The molecule has 5 nitrogen and oxygen atoms in total. The fourth-order valence-electron chi connectivity index (χ4n) is 1.74. The Hall–Kier alpha value is -1.88. The maximum absolute atomic E-state index is 11.6. The Bertz CT molecular complexity index is 427. The van der Waals surface area contributed by atoms with Gasteiger partial charge in [0.15, 0.2) is 0 Å². The normalized spacial score (nSPS) is 17.5. The van der Waals surface area contributed by atoms with Crippen molar-refractivity contribution in [3.63, 3.8) is 0 Å². The van der Waals surface area contributed by atoms with Crippen molar-refractivity contribution in [2.24, 2.45) is 5.73 Å². The summed E-state index contributed by atoms with van der Waals surface area (Å²) in [7, 11) is 0. The molecule has 1 heterocycles. The predicted molar refractivity (Wildman–Crippen MR) is 59.9 cm³/mol. The van der Waals surface area contributed by atoms with Crippen LogP contribution in [0.15, 0.2) is 24.3 Å². The van der Waals surface area contributed by atoms with E-state index in [2.05, 4.69) is 5.32 Å². The molecule has 1 unspecified atom stereocenters. The van der Waals surface area contributed by atoms with Gasteiger partial charge in [0, 0.05) is 6.04 Å². The summed E-state index contributed by atoms with van der Waals surface area (Å²) in [5, 5.41) is 2.48. The topological polar surface area (TPSA) is 75.4 Å². The number of nitrogens with two attached hydrogens (primary N) is 1. The largest absolute Gasteiger partial charge is 0.329 e. The minimum atomic E-state index is -0.391. The predicted octanol–water partition coefficient (Wildman–Crippen LogP) is 0.763. The van der Waals surface area contributed by atoms with Gasteiger partial charge in [0.05, 0.1) is 12.2 Å². The average Bonchev–Trinajstić information content (AvgIpc) is 2.58. The summed E-state index contributed by atoms with van der Waals surface area (Å²) in [6.07, 6.45) is 0. The SMILES string of the molecule is CC(N)c1ccccc1N1C(=O)CNC1=O. The first kappa shape index (κ1) is 10.6. The van der Waals surface area contributed by atoms with E-state index in [1.807, 2.05) is 19.1 Å². The molecule has 1 aromatic rings. The van der Waals surface area contributed by atoms with Crippen molar-refractivity contribution in [3.8, 4) is 0 Å². The van der Waals surface area contributed by atoms with Crippen LogP contribution in [0.25, 0.3) is 0 Å². The van der Waals surface area contributed by atoms with Gasteiger partial charge in [0.2, 0.25) is 0 Å². The van der Waals surface area contributed by atoms with Crippen LogP contribution in [0.2, 0.25) is 0 Å². The van der Waals surface area contributed by atoms with E-state index in [1.54, 1.807) is 12.1 Å². The van der Waals surface area contributed by atoms with Crippen LogP contribution in [-0.4, -0.2) is 18.5 Å². The Labute approximate surface area is 93.2 Å². The molecule has 0 bridgehead atoms. The van der Waals surface area contributed by atoms with Crippen molar-refractivity contribution in [2.75, 3.05) is 11.4 Å². The van der Waals surface area contributed by atoms with Crippen LogP contribution in [0.4, 0.5) is 10.5 Å². The first-order chi connectivity index (χ1) is 7.61. The third-order valence-electron chi connectivity index (χ3n) is 2.51. The highest BCUT2D eigenvalue weighted by Gasteiger charge is 2.31. The number of imide groups is 1. The van der Waals surface area contributed by atoms with Crippen molar-refractivity contribution in [3.05, 3.63) is 29.8 Å². The van der Waals surface area contributed by atoms with E-state index in [0.717, 1.165) is 10.5 Å². The molecule has 5 heteroatoms. The molecule has 0 radical (unpaired) electrons. The summed E-state index contributed by atoms with van der Waals surface area (Å²) in [6.45, 7) is 1.86. The number of hydrogen-bond donors (Lipinski definition) is 2.